The monoisotopic (exact) mass is 243 g/mol. The van der Waals surface area contributed by atoms with Crippen LogP contribution < -0.4 is 0 Å². The molecule has 16 heavy (non-hydrogen) atoms. The summed E-state index contributed by atoms with van der Waals surface area (Å²) in [5, 5.41) is 0. The summed E-state index contributed by atoms with van der Waals surface area (Å²) in [6.07, 6.45) is 4.42. The van der Waals surface area contributed by atoms with Gasteiger partial charge in [0.15, 0.2) is 0 Å². The number of amides is 1. The summed E-state index contributed by atoms with van der Waals surface area (Å²) in [6, 6.07) is 0. The van der Waals surface area contributed by atoms with E-state index in [1.165, 1.54) is 0 Å². The zero-order valence-electron chi connectivity index (χ0n) is 10.8. The number of carbonyl (C=O) groups is 1. The van der Waals surface area contributed by atoms with Crippen LogP contribution in [-0.2, 0) is 4.79 Å². The maximum absolute atomic E-state index is 12.1. The van der Waals surface area contributed by atoms with E-state index in [0.717, 1.165) is 44.5 Å². The molecule has 1 heterocycles. The van der Waals surface area contributed by atoms with Crippen LogP contribution >= 0.6 is 12.6 Å². The van der Waals surface area contributed by atoms with Gasteiger partial charge in [-0.2, -0.15) is 12.6 Å². The first-order valence-corrected chi connectivity index (χ1v) is 7.11. The third kappa shape index (κ3) is 2.93. The zero-order chi connectivity index (χ0) is 12.2. The molecule has 0 spiro atoms. The molecule has 1 atom stereocenters. The van der Waals surface area contributed by atoms with E-state index >= 15 is 0 Å². The Morgan fingerprint density at radius 2 is 2.06 bits per heavy atom. The maximum Gasteiger partial charge on any atom is 0.225 e. The van der Waals surface area contributed by atoms with Gasteiger partial charge in [-0.1, -0.05) is 20.8 Å². The lowest BCUT2D eigenvalue weighted by molar-refractivity contribution is -0.139. The molecule has 0 aromatic rings. The minimum absolute atomic E-state index is 0.218. The Morgan fingerprint density at radius 3 is 2.56 bits per heavy atom. The highest BCUT2D eigenvalue weighted by Crippen LogP contribution is 2.31. The molecule has 1 aliphatic heterocycles. The minimum Gasteiger partial charge on any atom is -0.342 e. The highest BCUT2D eigenvalue weighted by Gasteiger charge is 2.32. The fourth-order valence-electron chi connectivity index (χ4n) is 2.44. The molecule has 0 bridgehead atoms. The van der Waals surface area contributed by atoms with E-state index in [1.807, 2.05) is 0 Å². The van der Waals surface area contributed by atoms with Gasteiger partial charge in [-0.15, -0.1) is 0 Å². The second-order valence-electron chi connectivity index (χ2n) is 5.17. The number of hydrogen-bond donors (Lipinski definition) is 1. The summed E-state index contributed by atoms with van der Waals surface area (Å²) in [5.41, 5.74) is 0.218. The molecule has 0 aromatic carbocycles. The molecule has 0 radical (unpaired) electrons. The molecule has 1 saturated heterocycles. The molecule has 1 amide bonds. The van der Waals surface area contributed by atoms with E-state index in [1.54, 1.807) is 0 Å². The molecule has 0 saturated carbocycles. The number of nitrogens with zero attached hydrogens (tertiary/aromatic N) is 1. The Labute approximate surface area is 105 Å². The molecule has 0 aliphatic carbocycles. The van der Waals surface area contributed by atoms with Crippen molar-refractivity contribution in [1.29, 1.82) is 0 Å². The summed E-state index contributed by atoms with van der Waals surface area (Å²) < 4.78 is 0. The van der Waals surface area contributed by atoms with Crippen molar-refractivity contribution in [2.45, 2.75) is 46.5 Å². The van der Waals surface area contributed by atoms with E-state index in [-0.39, 0.29) is 11.3 Å². The van der Waals surface area contributed by atoms with E-state index < -0.39 is 0 Å². The molecular weight excluding hydrogens is 218 g/mol. The van der Waals surface area contributed by atoms with Crippen molar-refractivity contribution in [1.82, 2.24) is 4.90 Å². The van der Waals surface area contributed by atoms with Crippen molar-refractivity contribution in [3.8, 4) is 0 Å². The lowest BCUT2D eigenvalue weighted by atomic mass is 9.83. The van der Waals surface area contributed by atoms with Crippen LogP contribution in [0.2, 0.25) is 0 Å². The van der Waals surface area contributed by atoms with Crippen molar-refractivity contribution in [3.63, 3.8) is 0 Å². The second-order valence-corrected chi connectivity index (χ2v) is 5.48. The van der Waals surface area contributed by atoms with Crippen LogP contribution in [0.1, 0.15) is 46.5 Å². The van der Waals surface area contributed by atoms with Crippen molar-refractivity contribution < 1.29 is 4.79 Å². The summed E-state index contributed by atoms with van der Waals surface area (Å²) >= 11 is 4.48. The molecule has 2 nitrogen and oxygen atoms in total. The van der Waals surface area contributed by atoms with Gasteiger partial charge in [0.2, 0.25) is 5.91 Å². The van der Waals surface area contributed by atoms with Gasteiger partial charge < -0.3 is 4.90 Å². The minimum atomic E-state index is 0.218. The maximum atomic E-state index is 12.1. The molecule has 1 aliphatic rings. The fraction of sp³-hybridized carbons (Fsp3) is 0.923. The Hall–Kier alpha value is -0.180. The Balaban J connectivity index is 2.67. The molecule has 1 unspecified atom stereocenters. The van der Waals surface area contributed by atoms with Gasteiger partial charge in [0, 0.05) is 19.0 Å². The van der Waals surface area contributed by atoms with Crippen molar-refractivity contribution in [2.75, 3.05) is 18.8 Å². The van der Waals surface area contributed by atoms with Gasteiger partial charge in [0.05, 0.1) is 0 Å². The van der Waals surface area contributed by atoms with Crippen molar-refractivity contribution >= 4 is 18.5 Å². The number of rotatable bonds is 5. The first kappa shape index (κ1) is 13.9. The Kier molecular flexibility index (Phi) is 5.16. The number of likely N-dealkylation sites (tertiary alicyclic amines) is 1. The molecule has 0 N–H and O–H groups in total. The van der Waals surface area contributed by atoms with Gasteiger partial charge in [0.25, 0.3) is 0 Å². The third-order valence-corrected chi connectivity index (χ3v) is 4.83. The second kappa shape index (κ2) is 5.95. The average molecular weight is 243 g/mol. The van der Waals surface area contributed by atoms with Crippen LogP contribution in [0.4, 0.5) is 0 Å². The molecule has 1 rings (SSSR count). The highest BCUT2D eigenvalue weighted by atomic mass is 32.1. The predicted octanol–water partition coefficient (Wildman–Crippen LogP) is 2.98. The molecule has 94 valence electrons. The van der Waals surface area contributed by atoms with Gasteiger partial charge >= 0.3 is 0 Å². The van der Waals surface area contributed by atoms with Gasteiger partial charge in [-0.25, -0.2) is 0 Å². The van der Waals surface area contributed by atoms with E-state index in [2.05, 4.69) is 38.3 Å². The van der Waals surface area contributed by atoms with Gasteiger partial charge in [-0.05, 0) is 36.9 Å². The lowest BCUT2D eigenvalue weighted by Crippen LogP contribution is -2.46. The summed E-state index contributed by atoms with van der Waals surface area (Å²) in [6.45, 7) is 8.30. The fourth-order valence-corrected chi connectivity index (χ4v) is 2.99. The van der Waals surface area contributed by atoms with Crippen LogP contribution in [0.3, 0.4) is 0 Å². The highest BCUT2D eigenvalue weighted by molar-refractivity contribution is 7.80. The van der Waals surface area contributed by atoms with Crippen LogP contribution in [-0.4, -0.2) is 29.6 Å². The van der Waals surface area contributed by atoms with Gasteiger partial charge in [0.1, 0.15) is 0 Å². The Morgan fingerprint density at radius 1 is 1.44 bits per heavy atom. The average Bonchev–Trinajstić information content (AvgIpc) is 2.32. The van der Waals surface area contributed by atoms with Crippen LogP contribution in [0.15, 0.2) is 0 Å². The first-order valence-electron chi connectivity index (χ1n) is 6.48. The quantitative estimate of drug-likeness (QED) is 0.736. The standard InChI is InChI=1S/C13H25NOS/c1-4-13(5-2,10-16)9-14-8-6-7-11(3)12(14)15/h11,16H,4-10H2,1-3H3. The SMILES string of the molecule is CCC(CC)(CS)CN1CCCC(C)C1=O. The summed E-state index contributed by atoms with van der Waals surface area (Å²) in [4.78, 5) is 14.1. The van der Waals surface area contributed by atoms with Crippen LogP contribution in [0.5, 0.6) is 0 Å². The molecule has 1 fully saturated rings. The zero-order valence-corrected chi connectivity index (χ0v) is 11.7. The number of piperidine rings is 1. The Bertz CT molecular complexity index is 230. The molecule has 0 aromatic heterocycles. The van der Waals surface area contributed by atoms with Crippen molar-refractivity contribution in [2.24, 2.45) is 11.3 Å². The van der Waals surface area contributed by atoms with E-state index in [0.29, 0.717) is 5.91 Å². The molecule has 3 heteroatoms. The number of carbonyl (C=O) groups excluding carboxylic acids is 1. The van der Waals surface area contributed by atoms with E-state index in [9.17, 15) is 4.79 Å². The summed E-state index contributed by atoms with van der Waals surface area (Å²) in [5.74, 6) is 1.44. The normalized spacial score (nSPS) is 22.6. The third-order valence-electron chi connectivity index (χ3n) is 4.16. The van der Waals surface area contributed by atoms with E-state index in [4.69, 9.17) is 0 Å². The molecular formula is C13H25NOS. The van der Waals surface area contributed by atoms with Crippen LogP contribution in [0.25, 0.3) is 0 Å². The number of thiol groups is 1. The number of hydrogen-bond acceptors (Lipinski definition) is 2. The van der Waals surface area contributed by atoms with Crippen molar-refractivity contribution in [3.05, 3.63) is 0 Å². The van der Waals surface area contributed by atoms with Gasteiger partial charge in [-0.3, -0.25) is 4.79 Å². The largest absolute Gasteiger partial charge is 0.342 e. The summed E-state index contributed by atoms with van der Waals surface area (Å²) in [7, 11) is 0. The predicted molar refractivity (Wildman–Crippen MR) is 71.8 cm³/mol. The topological polar surface area (TPSA) is 20.3 Å². The smallest absolute Gasteiger partial charge is 0.225 e. The van der Waals surface area contributed by atoms with Crippen LogP contribution in [0, 0.1) is 11.3 Å². The lowest BCUT2D eigenvalue weighted by Gasteiger charge is -2.39. The first-order chi connectivity index (χ1) is 7.58.